The average Bonchev–Trinajstić information content (AvgIpc) is 2.61. The molecule has 2 rings (SSSR count). The summed E-state index contributed by atoms with van der Waals surface area (Å²) in [5.41, 5.74) is 3.73. The van der Waals surface area contributed by atoms with E-state index in [0.717, 1.165) is 4.57 Å². The maximum absolute atomic E-state index is 14.4. The third-order valence-electron chi connectivity index (χ3n) is 3.64. The van der Waals surface area contributed by atoms with E-state index in [2.05, 4.69) is 5.32 Å². The molecule has 0 bridgehead atoms. The standard InChI is InChI=1S/C17H19F2N3O4S/c1-8(23)7-26-14-12(15(20)24)16(22(2)17(25)13(14)19)21-11-5-4-9(27-3)6-10(11)18/h4-6,8,21,23H,7H2,1-3H3,(H2,20,24)/t8-/m0/s1. The third-order valence-corrected chi connectivity index (χ3v) is 4.36. The first-order valence-corrected chi connectivity index (χ1v) is 9.03. The molecule has 1 atom stereocenters. The molecule has 0 spiro atoms. The smallest absolute Gasteiger partial charge is 0.291 e. The predicted octanol–water partition coefficient (Wildman–Crippen LogP) is 1.99. The van der Waals surface area contributed by atoms with Crippen molar-refractivity contribution in [3.63, 3.8) is 0 Å². The van der Waals surface area contributed by atoms with Crippen molar-refractivity contribution in [1.82, 2.24) is 4.57 Å². The second-order valence-corrected chi connectivity index (χ2v) is 6.61. The second-order valence-electron chi connectivity index (χ2n) is 5.73. The number of hydrogen-bond acceptors (Lipinski definition) is 6. The van der Waals surface area contributed by atoms with Gasteiger partial charge in [-0.05, 0) is 31.4 Å². The van der Waals surface area contributed by atoms with Gasteiger partial charge in [-0.15, -0.1) is 11.8 Å². The van der Waals surface area contributed by atoms with E-state index in [1.807, 2.05) is 0 Å². The number of benzene rings is 1. The Morgan fingerprint density at radius 2 is 2.11 bits per heavy atom. The number of primary amides is 1. The van der Waals surface area contributed by atoms with Gasteiger partial charge in [0.1, 0.15) is 23.8 Å². The topological polar surface area (TPSA) is 107 Å². The summed E-state index contributed by atoms with van der Waals surface area (Å²) in [5, 5.41) is 11.9. The molecule has 0 aliphatic rings. The van der Waals surface area contributed by atoms with Gasteiger partial charge in [0.25, 0.3) is 11.5 Å². The van der Waals surface area contributed by atoms with E-state index in [4.69, 9.17) is 10.5 Å². The Kier molecular flexibility index (Phi) is 6.45. The Balaban J connectivity index is 2.64. The summed E-state index contributed by atoms with van der Waals surface area (Å²) in [6.07, 6.45) is 0.796. The summed E-state index contributed by atoms with van der Waals surface area (Å²) in [6.45, 7) is 1.01. The van der Waals surface area contributed by atoms with E-state index in [9.17, 15) is 23.5 Å². The summed E-state index contributed by atoms with van der Waals surface area (Å²) in [7, 11) is 1.20. The molecule has 4 N–H and O–H groups in total. The summed E-state index contributed by atoms with van der Waals surface area (Å²) >= 11 is 1.33. The van der Waals surface area contributed by atoms with Crippen molar-refractivity contribution in [2.75, 3.05) is 18.2 Å². The Morgan fingerprint density at radius 1 is 1.44 bits per heavy atom. The fourth-order valence-electron chi connectivity index (χ4n) is 2.30. The molecule has 0 aliphatic heterocycles. The summed E-state index contributed by atoms with van der Waals surface area (Å²) in [5.74, 6) is -4.00. The number of carbonyl (C=O) groups excluding carboxylic acids is 1. The number of aliphatic hydroxyl groups excluding tert-OH is 1. The van der Waals surface area contributed by atoms with Gasteiger partial charge in [-0.1, -0.05) is 0 Å². The lowest BCUT2D eigenvalue weighted by Gasteiger charge is -2.19. The lowest BCUT2D eigenvalue weighted by atomic mass is 10.2. The van der Waals surface area contributed by atoms with Crippen LogP contribution in [0.15, 0.2) is 27.9 Å². The number of ether oxygens (including phenoxy) is 1. The van der Waals surface area contributed by atoms with E-state index in [0.29, 0.717) is 4.90 Å². The maximum atomic E-state index is 14.4. The Hall–Kier alpha value is -2.59. The van der Waals surface area contributed by atoms with Crippen molar-refractivity contribution in [3.8, 4) is 5.75 Å². The number of rotatable bonds is 7. The Bertz CT molecular complexity index is 931. The van der Waals surface area contributed by atoms with Crippen LogP contribution in [0.1, 0.15) is 17.3 Å². The van der Waals surface area contributed by atoms with Gasteiger partial charge in [0.15, 0.2) is 5.75 Å². The van der Waals surface area contributed by atoms with E-state index in [1.165, 1.54) is 37.9 Å². The highest BCUT2D eigenvalue weighted by atomic mass is 32.2. The van der Waals surface area contributed by atoms with Gasteiger partial charge in [-0.2, -0.15) is 4.39 Å². The number of thioether (sulfide) groups is 1. The van der Waals surface area contributed by atoms with Crippen LogP contribution in [0, 0.1) is 11.6 Å². The highest BCUT2D eigenvalue weighted by Crippen LogP contribution is 2.31. The molecule has 1 aromatic carbocycles. The van der Waals surface area contributed by atoms with Crippen LogP contribution in [-0.2, 0) is 7.05 Å². The van der Waals surface area contributed by atoms with Crippen LogP contribution < -0.4 is 21.3 Å². The van der Waals surface area contributed by atoms with E-state index < -0.39 is 40.5 Å². The molecule has 0 saturated heterocycles. The number of nitrogens with two attached hydrogens (primary N) is 1. The van der Waals surface area contributed by atoms with Crippen molar-refractivity contribution in [2.24, 2.45) is 12.8 Å². The number of pyridine rings is 1. The van der Waals surface area contributed by atoms with Crippen LogP contribution in [0.25, 0.3) is 0 Å². The Morgan fingerprint density at radius 3 is 2.63 bits per heavy atom. The van der Waals surface area contributed by atoms with Gasteiger partial charge in [0.05, 0.1) is 11.8 Å². The molecular formula is C17H19F2N3O4S. The fourth-order valence-corrected chi connectivity index (χ4v) is 2.72. The van der Waals surface area contributed by atoms with Crippen LogP contribution in [0.4, 0.5) is 20.3 Å². The van der Waals surface area contributed by atoms with Crippen molar-refractivity contribution in [3.05, 3.63) is 45.8 Å². The van der Waals surface area contributed by atoms with E-state index in [-0.39, 0.29) is 18.1 Å². The largest absolute Gasteiger partial charge is 0.487 e. The SMILES string of the molecule is CSc1ccc(Nc2c(C(N)=O)c(OC[C@H](C)O)c(F)c(=O)n2C)c(F)c1. The first-order valence-electron chi connectivity index (χ1n) is 7.81. The van der Waals surface area contributed by atoms with Crippen molar-refractivity contribution >= 4 is 29.2 Å². The summed E-state index contributed by atoms with van der Waals surface area (Å²) < 4.78 is 34.6. The molecule has 0 aliphatic carbocycles. The predicted molar refractivity (Wildman–Crippen MR) is 98.8 cm³/mol. The van der Waals surface area contributed by atoms with Crippen molar-refractivity contribution < 1.29 is 23.4 Å². The first kappa shape index (κ1) is 20.7. The van der Waals surface area contributed by atoms with Gasteiger partial charge < -0.3 is 20.9 Å². The molecule has 0 unspecified atom stereocenters. The molecule has 1 heterocycles. The molecule has 27 heavy (non-hydrogen) atoms. The highest BCUT2D eigenvalue weighted by Gasteiger charge is 2.26. The van der Waals surface area contributed by atoms with Crippen LogP contribution in [0.2, 0.25) is 0 Å². The third kappa shape index (κ3) is 4.40. The average molecular weight is 399 g/mol. The molecule has 0 fully saturated rings. The number of carbonyl (C=O) groups is 1. The maximum Gasteiger partial charge on any atom is 0.291 e. The number of aliphatic hydroxyl groups is 1. The number of halogens is 2. The first-order chi connectivity index (χ1) is 12.7. The van der Waals surface area contributed by atoms with Crippen LogP contribution in [0.5, 0.6) is 5.75 Å². The molecule has 7 nitrogen and oxygen atoms in total. The van der Waals surface area contributed by atoms with Crippen LogP contribution in [0.3, 0.4) is 0 Å². The van der Waals surface area contributed by atoms with E-state index in [1.54, 1.807) is 12.3 Å². The summed E-state index contributed by atoms with van der Waals surface area (Å²) in [6, 6.07) is 4.31. The highest BCUT2D eigenvalue weighted by molar-refractivity contribution is 7.98. The summed E-state index contributed by atoms with van der Waals surface area (Å²) in [4.78, 5) is 24.8. The molecule has 1 aromatic heterocycles. The van der Waals surface area contributed by atoms with Gasteiger partial charge in [0, 0.05) is 11.9 Å². The molecule has 1 amide bonds. The molecule has 0 radical (unpaired) electrons. The number of aromatic nitrogens is 1. The van der Waals surface area contributed by atoms with Gasteiger partial charge in [-0.3, -0.25) is 14.2 Å². The zero-order valence-corrected chi connectivity index (χ0v) is 15.7. The molecule has 10 heteroatoms. The normalized spacial score (nSPS) is 11.9. The van der Waals surface area contributed by atoms with Gasteiger partial charge >= 0.3 is 0 Å². The zero-order valence-electron chi connectivity index (χ0n) is 14.9. The second kappa shape index (κ2) is 8.40. The minimum atomic E-state index is -1.34. The van der Waals surface area contributed by atoms with Crippen LogP contribution in [-0.4, -0.2) is 34.5 Å². The number of nitrogens with one attached hydrogen (secondary N) is 1. The molecular weight excluding hydrogens is 380 g/mol. The minimum Gasteiger partial charge on any atom is -0.487 e. The van der Waals surface area contributed by atoms with Crippen molar-refractivity contribution in [2.45, 2.75) is 17.9 Å². The quantitative estimate of drug-likeness (QED) is 0.615. The minimum absolute atomic E-state index is 0.0432. The number of anilines is 2. The van der Waals surface area contributed by atoms with Crippen LogP contribution >= 0.6 is 11.8 Å². The monoisotopic (exact) mass is 399 g/mol. The molecule has 146 valence electrons. The zero-order chi connectivity index (χ0) is 20.3. The van der Waals surface area contributed by atoms with Gasteiger partial charge in [-0.25, -0.2) is 4.39 Å². The lowest BCUT2D eigenvalue weighted by Crippen LogP contribution is -2.30. The van der Waals surface area contributed by atoms with E-state index >= 15 is 0 Å². The fraction of sp³-hybridized carbons (Fsp3) is 0.294. The Labute approximate surface area is 158 Å². The van der Waals surface area contributed by atoms with Crippen molar-refractivity contribution in [1.29, 1.82) is 0 Å². The number of nitrogens with zero attached hydrogens (tertiary/aromatic N) is 1. The molecule has 2 aromatic rings. The molecule has 0 saturated carbocycles. The van der Waals surface area contributed by atoms with Gasteiger partial charge in [0.2, 0.25) is 5.82 Å². The number of hydrogen-bond donors (Lipinski definition) is 3. The number of amides is 1. The lowest BCUT2D eigenvalue weighted by molar-refractivity contribution is 0.0978.